The molecule has 2 saturated carbocycles. The van der Waals surface area contributed by atoms with Gasteiger partial charge in [0.2, 0.25) is 0 Å². The van der Waals surface area contributed by atoms with Crippen LogP contribution in [0, 0.1) is 10.1 Å². The van der Waals surface area contributed by atoms with Crippen LogP contribution in [0.25, 0.3) is 0 Å². The number of carbonyl (C=O) groups is 1. The smallest absolute Gasteiger partial charge is 0.287 e. The van der Waals surface area contributed by atoms with Crippen molar-refractivity contribution in [2.24, 2.45) is 5.73 Å². The van der Waals surface area contributed by atoms with Crippen LogP contribution in [-0.4, -0.2) is 27.5 Å². The molecule has 0 unspecified atom stereocenters. The molecule has 1 heterocycles. The van der Waals surface area contributed by atoms with E-state index in [9.17, 15) is 14.9 Å². The number of carbonyl (C=O) groups excluding carboxylic acids is 1. The maximum absolute atomic E-state index is 12.1. The van der Waals surface area contributed by atoms with Crippen LogP contribution >= 0.6 is 0 Å². The number of nitrogens with one attached hydrogen (secondary N) is 1. The van der Waals surface area contributed by atoms with Gasteiger partial charge in [0.1, 0.15) is 5.69 Å². The van der Waals surface area contributed by atoms with E-state index in [0.717, 1.165) is 25.7 Å². The second kappa shape index (κ2) is 4.34. The lowest BCUT2D eigenvalue weighted by atomic mass is 9.87. The monoisotopic (exact) mass is 264 g/mol. The fourth-order valence-electron chi connectivity index (χ4n) is 2.44. The summed E-state index contributed by atoms with van der Waals surface area (Å²) >= 11 is 0. The van der Waals surface area contributed by atoms with Crippen LogP contribution in [0.3, 0.4) is 0 Å². The number of hydrogen-bond donors (Lipinski definition) is 2. The van der Waals surface area contributed by atoms with Crippen LogP contribution in [0.2, 0.25) is 0 Å². The average Bonchev–Trinajstić information content (AvgIpc) is 3.05. The first-order chi connectivity index (χ1) is 9.04. The average molecular weight is 264 g/mol. The second-order valence-electron chi connectivity index (χ2n) is 5.38. The third kappa shape index (κ3) is 2.33. The third-order valence-electron chi connectivity index (χ3n) is 3.73. The van der Waals surface area contributed by atoms with Crippen molar-refractivity contribution in [3.8, 4) is 0 Å². The van der Waals surface area contributed by atoms with E-state index in [0.29, 0.717) is 5.69 Å². The Hall–Kier alpha value is -1.89. The van der Waals surface area contributed by atoms with Gasteiger partial charge in [0.15, 0.2) is 0 Å². The molecular formula is C12H16N4O3. The van der Waals surface area contributed by atoms with Gasteiger partial charge in [-0.05, 0) is 25.7 Å². The number of rotatable bonds is 4. The summed E-state index contributed by atoms with van der Waals surface area (Å²) in [6, 6.07) is 1.85. The van der Waals surface area contributed by atoms with E-state index in [-0.39, 0.29) is 29.7 Å². The fourth-order valence-corrected chi connectivity index (χ4v) is 2.44. The van der Waals surface area contributed by atoms with E-state index in [1.807, 2.05) is 0 Å². The fraction of sp³-hybridized carbons (Fsp3) is 0.583. The molecule has 0 saturated heterocycles. The maximum atomic E-state index is 12.1. The minimum absolute atomic E-state index is 0.0256. The minimum atomic E-state index is -0.463. The normalized spacial score (nSPS) is 25.7. The van der Waals surface area contributed by atoms with Crippen molar-refractivity contribution in [2.75, 3.05) is 0 Å². The summed E-state index contributed by atoms with van der Waals surface area (Å²) in [6.45, 7) is 0. The van der Waals surface area contributed by atoms with Crippen molar-refractivity contribution in [1.29, 1.82) is 0 Å². The summed E-state index contributed by atoms with van der Waals surface area (Å²) in [5, 5.41) is 13.7. The number of nitrogens with zero attached hydrogens (tertiary/aromatic N) is 2. The van der Waals surface area contributed by atoms with Crippen LogP contribution in [0.5, 0.6) is 0 Å². The maximum Gasteiger partial charge on any atom is 0.287 e. The van der Waals surface area contributed by atoms with Gasteiger partial charge < -0.3 is 15.6 Å². The summed E-state index contributed by atoms with van der Waals surface area (Å²) in [5.41, 5.74) is 6.03. The molecule has 0 bridgehead atoms. The molecule has 1 amide bonds. The van der Waals surface area contributed by atoms with Gasteiger partial charge in [0.05, 0.1) is 11.1 Å². The highest BCUT2D eigenvalue weighted by Gasteiger charge is 2.33. The quantitative estimate of drug-likeness (QED) is 0.624. The molecule has 7 heteroatoms. The Morgan fingerprint density at radius 2 is 2.16 bits per heavy atom. The Bertz CT molecular complexity index is 529. The molecule has 102 valence electrons. The molecule has 7 nitrogen and oxygen atoms in total. The Morgan fingerprint density at radius 1 is 1.47 bits per heavy atom. The van der Waals surface area contributed by atoms with E-state index in [2.05, 4.69) is 5.32 Å². The molecule has 1 aromatic rings. The molecule has 0 spiro atoms. The molecular weight excluding hydrogens is 248 g/mol. The zero-order valence-corrected chi connectivity index (χ0v) is 10.4. The first kappa shape index (κ1) is 12.2. The number of amides is 1. The highest BCUT2D eigenvalue weighted by atomic mass is 16.6. The van der Waals surface area contributed by atoms with Crippen molar-refractivity contribution >= 4 is 11.6 Å². The molecule has 0 aromatic carbocycles. The van der Waals surface area contributed by atoms with Gasteiger partial charge in [0.25, 0.3) is 11.6 Å². The molecule has 0 aliphatic heterocycles. The number of aromatic nitrogens is 1. The minimum Gasteiger partial charge on any atom is -0.348 e. The molecule has 2 fully saturated rings. The Kier molecular flexibility index (Phi) is 2.78. The van der Waals surface area contributed by atoms with Crippen LogP contribution in [0.4, 0.5) is 5.69 Å². The summed E-state index contributed by atoms with van der Waals surface area (Å²) in [6.07, 6.45) is 4.95. The first-order valence-electron chi connectivity index (χ1n) is 6.47. The van der Waals surface area contributed by atoms with E-state index in [1.165, 1.54) is 12.3 Å². The van der Waals surface area contributed by atoms with E-state index < -0.39 is 4.92 Å². The zero-order valence-electron chi connectivity index (χ0n) is 10.4. The van der Waals surface area contributed by atoms with Gasteiger partial charge in [-0.25, -0.2) is 0 Å². The third-order valence-corrected chi connectivity index (χ3v) is 3.73. The van der Waals surface area contributed by atoms with E-state index in [1.54, 1.807) is 4.57 Å². The SMILES string of the molecule is NC1CC(NC(=O)c2cc([N+](=O)[O-])cn2C2CC2)C1. The molecule has 19 heavy (non-hydrogen) atoms. The number of nitro groups is 1. The van der Waals surface area contributed by atoms with Gasteiger partial charge in [-0.2, -0.15) is 0 Å². The Morgan fingerprint density at radius 3 is 2.68 bits per heavy atom. The van der Waals surface area contributed by atoms with Crippen molar-refractivity contribution in [3.63, 3.8) is 0 Å². The summed E-state index contributed by atoms with van der Waals surface area (Å²) in [4.78, 5) is 22.5. The molecule has 3 N–H and O–H groups in total. The van der Waals surface area contributed by atoms with Crippen LogP contribution < -0.4 is 11.1 Å². The molecule has 0 radical (unpaired) electrons. The van der Waals surface area contributed by atoms with Gasteiger partial charge in [0, 0.05) is 24.2 Å². The highest BCUT2D eigenvalue weighted by Crippen LogP contribution is 2.38. The number of nitrogens with two attached hydrogens (primary N) is 1. The van der Waals surface area contributed by atoms with Crippen LogP contribution in [0.1, 0.15) is 42.2 Å². The summed E-state index contributed by atoms with van der Waals surface area (Å²) in [5.74, 6) is -0.239. The lowest BCUT2D eigenvalue weighted by Crippen LogP contribution is -2.50. The van der Waals surface area contributed by atoms with Crippen molar-refractivity contribution in [3.05, 3.63) is 28.1 Å². The lowest BCUT2D eigenvalue weighted by Gasteiger charge is -2.32. The summed E-state index contributed by atoms with van der Waals surface area (Å²) < 4.78 is 1.73. The molecule has 0 atom stereocenters. The predicted octanol–water partition coefficient (Wildman–Crippen LogP) is 0.951. The highest BCUT2D eigenvalue weighted by molar-refractivity contribution is 5.94. The zero-order chi connectivity index (χ0) is 13.6. The van der Waals surface area contributed by atoms with E-state index >= 15 is 0 Å². The van der Waals surface area contributed by atoms with Gasteiger partial charge >= 0.3 is 0 Å². The van der Waals surface area contributed by atoms with Crippen LogP contribution in [-0.2, 0) is 0 Å². The van der Waals surface area contributed by atoms with Crippen molar-refractivity contribution in [2.45, 2.75) is 43.8 Å². The van der Waals surface area contributed by atoms with Gasteiger partial charge in [-0.3, -0.25) is 14.9 Å². The Balaban J connectivity index is 1.78. The largest absolute Gasteiger partial charge is 0.348 e. The van der Waals surface area contributed by atoms with Crippen molar-refractivity contribution in [1.82, 2.24) is 9.88 Å². The second-order valence-corrected chi connectivity index (χ2v) is 5.38. The van der Waals surface area contributed by atoms with E-state index in [4.69, 9.17) is 5.73 Å². The Labute approximate surface area is 109 Å². The first-order valence-corrected chi connectivity index (χ1v) is 6.47. The van der Waals surface area contributed by atoms with Gasteiger partial charge in [-0.15, -0.1) is 0 Å². The topological polar surface area (TPSA) is 103 Å². The van der Waals surface area contributed by atoms with Crippen molar-refractivity contribution < 1.29 is 9.72 Å². The molecule has 3 rings (SSSR count). The molecule has 2 aliphatic carbocycles. The standard InChI is InChI=1S/C12H16N4O3/c13-7-3-8(4-7)14-12(17)11-5-10(16(18)19)6-15(11)9-1-2-9/h5-9H,1-4,13H2,(H,14,17). The predicted molar refractivity (Wildman–Crippen MR) is 67.8 cm³/mol. The van der Waals surface area contributed by atoms with Gasteiger partial charge in [-0.1, -0.05) is 0 Å². The molecule has 2 aliphatic rings. The lowest BCUT2D eigenvalue weighted by molar-refractivity contribution is -0.384. The molecule has 1 aromatic heterocycles. The van der Waals surface area contributed by atoms with Crippen LogP contribution in [0.15, 0.2) is 12.3 Å². The number of hydrogen-bond acceptors (Lipinski definition) is 4. The summed E-state index contributed by atoms with van der Waals surface area (Å²) in [7, 11) is 0.